The molecule has 0 atom stereocenters. The van der Waals surface area contributed by atoms with Crippen molar-refractivity contribution in [3.05, 3.63) is 91.0 Å². The van der Waals surface area contributed by atoms with Gasteiger partial charge in [-0.25, -0.2) is 4.99 Å². The Labute approximate surface area is 170 Å². The topological polar surface area (TPSA) is 29.8 Å². The number of hydrogen-bond acceptors (Lipinski definition) is 2. The smallest absolute Gasteiger partial charge is 0.211 e. The lowest BCUT2D eigenvalue weighted by molar-refractivity contribution is 0.0668. The Balaban J connectivity index is 1.76. The average molecular weight is 381 g/mol. The van der Waals surface area contributed by atoms with Gasteiger partial charge in [0, 0.05) is 18.5 Å². The Morgan fingerprint density at radius 1 is 0.759 bits per heavy atom. The Morgan fingerprint density at radius 2 is 1.41 bits per heavy atom. The van der Waals surface area contributed by atoms with Crippen molar-refractivity contribution < 1.29 is 4.74 Å². The predicted octanol–water partition coefficient (Wildman–Crippen LogP) is 5.18. The highest BCUT2D eigenvalue weighted by atomic mass is 16.5. The van der Waals surface area contributed by atoms with E-state index in [9.17, 15) is 0 Å². The molecule has 144 valence electrons. The molecule has 29 heavy (non-hydrogen) atoms. The number of fused-ring (bicyclic) bond motifs is 1. The average Bonchev–Trinajstić information content (AvgIpc) is 3.19. The van der Waals surface area contributed by atoms with E-state index in [0.717, 1.165) is 35.9 Å². The molecule has 0 radical (unpaired) electrons. The minimum absolute atomic E-state index is 0.716. The maximum absolute atomic E-state index is 5.61. The first-order valence-corrected chi connectivity index (χ1v) is 10.0. The molecule has 0 amide bonds. The van der Waals surface area contributed by atoms with E-state index in [4.69, 9.17) is 9.73 Å². The lowest BCUT2D eigenvalue weighted by Gasteiger charge is -2.31. The number of aliphatic imine (C=N–C) groups is 1. The second-order valence-electron chi connectivity index (χ2n) is 7.14. The quantitative estimate of drug-likeness (QED) is 0.354. The predicted molar refractivity (Wildman–Crippen MR) is 119 cm³/mol. The fraction of sp³-hybridized carbons (Fsp3) is 0.160. The number of para-hydroxylation sites is 2. The summed E-state index contributed by atoms with van der Waals surface area (Å²) in [5.41, 5.74) is 4.43. The molecule has 0 aliphatic carbocycles. The molecule has 3 aromatic carbocycles. The first-order chi connectivity index (χ1) is 14.4. The third-order valence-corrected chi connectivity index (χ3v) is 5.26. The van der Waals surface area contributed by atoms with Crippen molar-refractivity contribution in [3.63, 3.8) is 0 Å². The third-order valence-electron chi connectivity index (χ3n) is 5.26. The van der Waals surface area contributed by atoms with Gasteiger partial charge in [-0.15, -0.1) is 0 Å². The van der Waals surface area contributed by atoms with E-state index >= 15 is 0 Å². The van der Waals surface area contributed by atoms with Crippen LogP contribution in [0.4, 0.5) is 5.69 Å². The van der Waals surface area contributed by atoms with Crippen LogP contribution in [0.25, 0.3) is 22.2 Å². The summed E-state index contributed by atoms with van der Waals surface area (Å²) in [5, 5.41) is 1.21. The van der Waals surface area contributed by atoms with Crippen LogP contribution in [-0.4, -0.2) is 41.7 Å². The highest BCUT2D eigenvalue weighted by Gasteiger charge is 2.22. The molecule has 0 saturated carbocycles. The zero-order valence-corrected chi connectivity index (χ0v) is 16.2. The second kappa shape index (κ2) is 7.94. The van der Waals surface area contributed by atoms with Crippen LogP contribution in [-0.2, 0) is 4.74 Å². The second-order valence-corrected chi connectivity index (χ2v) is 7.14. The van der Waals surface area contributed by atoms with Crippen LogP contribution >= 0.6 is 0 Å². The number of hydrogen-bond donors (Lipinski definition) is 0. The number of aromatic nitrogens is 1. The van der Waals surface area contributed by atoms with Crippen molar-refractivity contribution in [3.8, 4) is 11.3 Å². The van der Waals surface area contributed by atoms with Gasteiger partial charge in [0.25, 0.3) is 0 Å². The molecule has 5 rings (SSSR count). The Kier molecular flexibility index (Phi) is 4.85. The first-order valence-electron chi connectivity index (χ1n) is 10.0. The molecular weight excluding hydrogens is 358 g/mol. The summed E-state index contributed by atoms with van der Waals surface area (Å²) in [6, 6.07) is 31.5. The SMILES string of the molecule is c1ccc(N=C(N2CCOCC2)n2c(-c3ccccc3)cc3ccccc32)cc1. The third kappa shape index (κ3) is 3.55. The van der Waals surface area contributed by atoms with Crippen molar-refractivity contribution in [1.82, 2.24) is 9.47 Å². The van der Waals surface area contributed by atoms with E-state index in [1.165, 1.54) is 10.9 Å². The number of nitrogens with zero attached hydrogens (tertiary/aromatic N) is 3. The Morgan fingerprint density at radius 3 is 2.17 bits per heavy atom. The van der Waals surface area contributed by atoms with Crippen LogP contribution in [0.3, 0.4) is 0 Å². The van der Waals surface area contributed by atoms with Crippen LogP contribution < -0.4 is 0 Å². The fourth-order valence-corrected chi connectivity index (χ4v) is 3.84. The summed E-state index contributed by atoms with van der Waals surface area (Å²) in [5.74, 6) is 0.944. The molecule has 4 nitrogen and oxygen atoms in total. The van der Waals surface area contributed by atoms with E-state index in [-0.39, 0.29) is 0 Å². The summed E-state index contributed by atoms with van der Waals surface area (Å²) in [6.07, 6.45) is 0. The lowest BCUT2D eigenvalue weighted by Crippen LogP contribution is -2.44. The van der Waals surface area contributed by atoms with E-state index < -0.39 is 0 Å². The minimum atomic E-state index is 0.716. The molecule has 1 aliphatic rings. The number of ether oxygens (including phenoxy) is 1. The van der Waals surface area contributed by atoms with Crippen LogP contribution in [0, 0.1) is 0 Å². The van der Waals surface area contributed by atoms with E-state index in [1.807, 2.05) is 30.3 Å². The lowest BCUT2D eigenvalue weighted by atomic mass is 10.1. The van der Waals surface area contributed by atoms with Crippen LogP contribution in [0.15, 0.2) is 96.0 Å². The molecule has 0 unspecified atom stereocenters. The molecule has 2 heterocycles. The summed E-state index contributed by atoms with van der Waals surface area (Å²) in [6.45, 7) is 3.08. The maximum Gasteiger partial charge on any atom is 0.211 e. The van der Waals surface area contributed by atoms with Crippen LogP contribution in [0.2, 0.25) is 0 Å². The van der Waals surface area contributed by atoms with Crippen molar-refractivity contribution in [1.29, 1.82) is 0 Å². The summed E-state index contributed by atoms with van der Waals surface area (Å²) in [4.78, 5) is 7.44. The summed E-state index contributed by atoms with van der Waals surface area (Å²) in [7, 11) is 0. The van der Waals surface area contributed by atoms with Gasteiger partial charge in [-0.1, -0.05) is 66.7 Å². The molecule has 4 aromatic rings. The summed E-state index contributed by atoms with van der Waals surface area (Å²) >= 11 is 0. The molecule has 4 heteroatoms. The van der Waals surface area contributed by atoms with Crippen molar-refractivity contribution in [2.75, 3.05) is 26.3 Å². The number of rotatable bonds is 2. The van der Waals surface area contributed by atoms with Gasteiger partial charge in [-0.2, -0.15) is 0 Å². The molecular formula is C25H23N3O. The minimum Gasteiger partial charge on any atom is -0.378 e. The first kappa shape index (κ1) is 17.7. The number of benzene rings is 3. The largest absolute Gasteiger partial charge is 0.378 e. The van der Waals surface area contributed by atoms with Crippen molar-refractivity contribution in [2.45, 2.75) is 0 Å². The van der Waals surface area contributed by atoms with Gasteiger partial charge in [0.15, 0.2) is 0 Å². The normalized spacial score (nSPS) is 15.0. The fourth-order valence-electron chi connectivity index (χ4n) is 3.84. The van der Waals surface area contributed by atoms with Crippen LogP contribution in [0.1, 0.15) is 0 Å². The standard InChI is InChI=1S/C25H23N3O/c1-3-9-20(10-4-1)24-19-21-11-7-8-14-23(21)28(24)25(27-15-17-29-18-16-27)26-22-12-5-2-6-13-22/h1-14,19H,15-18H2. The zero-order valence-electron chi connectivity index (χ0n) is 16.2. The van der Waals surface area contributed by atoms with Gasteiger partial charge in [0.1, 0.15) is 0 Å². The highest BCUT2D eigenvalue weighted by molar-refractivity contribution is 6.00. The van der Waals surface area contributed by atoms with Crippen LogP contribution in [0.5, 0.6) is 0 Å². The molecule has 1 aliphatic heterocycles. The van der Waals surface area contributed by atoms with Gasteiger partial charge in [-0.3, -0.25) is 4.57 Å². The van der Waals surface area contributed by atoms with E-state index in [0.29, 0.717) is 13.2 Å². The monoisotopic (exact) mass is 381 g/mol. The van der Waals surface area contributed by atoms with Crippen molar-refractivity contribution in [2.24, 2.45) is 4.99 Å². The van der Waals surface area contributed by atoms with Gasteiger partial charge < -0.3 is 9.64 Å². The molecule has 0 bridgehead atoms. The molecule has 1 fully saturated rings. The molecule has 1 saturated heterocycles. The molecule has 0 N–H and O–H groups in total. The van der Waals surface area contributed by atoms with E-state index in [1.54, 1.807) is 0 Å². The maximum atomic E-state index is 5.61. The molecule has 1 aromatic heterocycles. The highest BCUT2D eigenvalue weighted by Crippen LogP contribution is 2.30. The van der Waals surface area contributed by atoms with Crippen molar-refractivity contribution >= 4 is 22.5 Å². The van der Waals surface area contributed by atoms with Gasteiger partial charge >= 0.3 is 0 Å². The summed E-state index contributed by atoms with van der Waals surface area (Å²) < 4.78 is 7.91. The van der Waals surface area contributed by atoms with E-state index in [2.05, 4.69) is 70.1 Å². The van der Waals surface area contributed by atoms with Gasteiger partial charge in [-0.05, 0) is 29.8 Å². The number of morpholine rings is 1. The Bertz CT molecular complexity index is 1130. The van der Waals surface area contributed by atoms with Gasteiger partial charge in [0.05, 0.1) is 30.1 Å². The zero-order chi connectivity index (χ0) is 19.5. The Hall–Kier alpha value is -3.37. The molecule has 0 spiro atoms. The van der Waals surface area contributed by atoms with Gasteiger partial charge in [0.2, 0.25) is 5.96 Å².